The van der Waals surface area contributed by atoms with Crippen LogP contribution in [0, 0.1) is 6.92 Å². The van der Waals surface area contributed by atoms with Gasteiger partial charge in [0.05, 0.1) is 0 Å². The van der Waals surface area contributed by atoms with Crippen molar-refractivity contribution in [2.45, 2.75) is 45.6 Å². The van der Waals surface area contributed by atoms with E-state index >= 15 is 0 Å². The first-order valence-corrected chi connectivity index (χ1v) is 6.92. The molecule has 0 radical (unpaired) electrons. The van der Waals surface area contributed by atoms with Gasteiger partial charge in [-0.25, -0.2) is 9.97 Å². The molecule has 1 aromatic rings. The van der Waals surface area contributed by atoms with Crippen LogP contribution in [0.3, 0.4) is 0 Å². The topological polar surface area (TPSA) is 66.9 Å². The van der Waals surface area contributed by atoms with Gasteiger partial charge in [0.25, 0.3) is 0 Å². The Labute approximate surface area is 118 Å². The first-order valence-electron chi connectivity index (χ1n) is 6.54. The first kappa shape index (κ1) is 14.1. The lowest BCUT2D eigenvalue weighted by atomic mass is 10.2. The normalized spacial score (nSPS) is 18.8. The van der Waals surface area contributed by atoms with Crippen molar-refractivity contribution < 1.29 is 4.79 Å². The molecule has 0 spiro atoms. The minimum Gasteiger partial charge on any atom is -0.368 e. The molecule has 0 bridgehead atoms. The highest BCUT2D eigenvalue weighted by atomic mass is 35.5. The van der Waals surface area contributed by atoms with Gasteiger partial charge in [-0.3, -0.25) is 4.79 Å². The third kappa shape index (κ3) is 3.35. The van der Waals surface area contributed by atoms with Crippen molar-refractivity contribution in [2.24, 2.45) is 0 Å². The summed E-state index contributed by atoms with van der Waals surface area (Å²) in [5.41, 5.74) is 0.843. The first-order chi connectivity index (χ1) is 8.97. The van der Waals surface area contributed by atoms with E-state index in [9.17, 15) is 4.79 Å². The van der Waals surface area contributed by atoms with Crippen LogP contribution < -0.4 is 10.6 Å². The lowest BCUT2D eigenvalue weighted by Crippen LogP contribution is -2.32. The zero-order chi connectivity index (χ0) is 14.0. The number of carbonyl (C=O) groups excluding carboxylic acids is 1. The van der Waals surface area contributed by atoms with Gasteiger partial charge in [-0.1, -0.05) is 25.4 Å². The molecule has 19 heavy (non-hydrogen) atoms. The van der Waals surface area contributed by atoms with E-state index in [0.29, 0.717) is 18.1 Å². The van der Waals surface area contributed by atoms with Gasteiger partial charge in [0.15, 0.2) is 0 Å². The Hall–Kier alpha value is -1.36. The Balaban J connectivity index is 2.08. The van der Waals surface area contributed by atoms with Crippen molar-refractivity contribution in [1.29, 1.82) is 0 Å². The number of nitrogens with one attached hydrogen (secondary N) is 2. The molecule has 0 aromatic carbocycles. The molecule has 1 atom stereocenters. The zero-order valence-electron chi connectivity index (χ0n) is 11.5. The van der Waals surface area contributed by atoms with Crippen molar-refractivity contribution in [3.8, 4) is 0 Å². The van der Waals surface area contributed by atoms with E-state index in [2.05, 4.69) is 20.6 Å². The molecule has 1 saturated heterocycles. The van der Waals surface area contributed by atoms with E-state index in [4.69, 9.17) is 11.6 Å². The van der Waals surface area contributed by atoms with Crippen LogP contribution in [0.15, 0.2) is 0 Å². The van der Waals surface area contributed by atoms with Crippen molar-refractivity contribution in [3.05, 3.63) is 16.5 Å². The van der Waals surface area contributed by atoms with E-state index in [-0.39, 0.29) is 17.9 Å². The number of hydrogen-bond donors (Lipinski definition) is 2. The summed E-state index contributed by atoms with van der Waals surface area (Å²) in [6, 6.07) is 0.170. The largest absolute Gasteiger partial charge is 0.368 e. The number of aromatic nitrogens is 2. The highest BCUT2D eigenvalue weighted by Crippen LogP contribution is 2.23. The molecule has 1 unspecified atom stereocenters. The van der Waals surface area contributed by atoms with Crippen molar-refractivity contribution >= 4 is 23.3 Å². The lowest BCUT2D eigenvalue weighted by molar-refractivity contribution is -0.119. The fraction of sp³-hybridized carbons (Fsp3) is 0.615. The molecule has 6 heteroatoms. The summed E-state index contributed by atoms with van der Waals surface area (Å²) in [4.78, 5) is 19.9. The number of hydrogen-bond acceptors (Lipinski definition) is 4. The molecular formula is C13H19ClN4O. The fourth-order valence-corrected chi connectivity index (χ4v) is 2.16. The smallest absolute Gasteiger partial charge is 0.220 e. The molecule has 2 rings (SSSR count). The summed E-state index contributed by atoms with van der Waals surface area (Å²) in [6.45, 7) is 6.61. The number of anilines is 1. The standard InChI is InChI=1S/C13H19ClN4O/c1-7(2)12-17-11(14)8(3)13(18-12)15-6-9-4-5-10(19)16-9/h7,9H,4-6H2,1-3H3,(H,16,19)(H,15,17,18). The summed E-state index contributed by atoms with van der Waals surface area (Å²) in [6.07, 6.45) is 1.47. The fourth-order valence-electron chi connectivity index (χ4n) is 1.99. The number of nitrogens with zero attached hydrogens (tertiary/aromatic N) is 2. The van der Waals surface area contributed by atoms with Crippen LogP contribution in [0.4, 0.5) is 5.82 Å². The van der Waals surface area contributed by atoms with E-state index in [0.717, 1.165) is 23.6 Å². The van der Waals surface area contributed by atoms with Gasteiger partial charge in [-0.05, 0) is 13.3 Å². The Morgan fingerprint density at radius 1 is 1.47 bits per heavy atom. The Morgan fingerprint density at radius 2 is 2.21 bits per heavy atom. The van der Waals surface area contributed by atoms with Gasteiger partial charge in [0.1, 0.15) is 16.8 Å². The third-order valence-corrected chi connectivity index (χ3v) is 3.59. The van der Waals surface area contributed by atoms with Crippen LogP contribution in [-0.4, -0.2) is 28.5 Å². The van der Waals surface area contributed by atoms with Gasteiger partial charge in [0.2, 0.25) is 5.91 Å². The third-order valence-electron chi connectivity index (χ3n) is 3.22. The number of carbonyl (C=O) groups is 1. The highest BCUT2D eigenvalue weighted by molar-refractivity contribution is 6.30. The second-order valence-corrected chi connectivity index (χ2v) is 5.54. The molecule has 0 saturated carbocycles. The average Bonchev–Trinajstić information content (AvgIpc) is 2.76. The van der Waals surface area contributed by atoms with E-state index in [1.54, 1.807) is 0 Å². The van der Waals surface area contributed by atoms with Gasteiger partial charge < -0.3 is 10.6 Å². The molecule has 5 nitrogen and oxygen atoms in total. The van der Waals surface area contributed by atoms with Crippen LogP contribution >= 0.6 is 11.6 Å². The van der Waals surface area contributed by atoms with Crippen molar-refractivity contribution in [1.82, 2.24) is 15.3 Å². The van der Waals surface area contributed by atoms with Crippen LogP contribution in [0.25, 0.3) is 0 Å². The Bertz CT molecular complexity index is 490. The molecule has 2 heterocycles. The van der Waals surface area contributed by atoms with Crippen LogP contribution in [0.1, 0.15) is 44.0 Å². The summed E-state index contributed by atoms with van der Waals surface area (Å²) in [7, 11) is 0. The predicted molar refractivity (Wildman–Crippen MR) is 75.5 cm³/mol. The molecule has 1 amide bonds. The van der Waals surface area contributed by atoms with E-state index in [1.165, 1.54) is 0 Å². The van der Waals surface area contributed by atoms with Gasteiger partial charge in [0, 0.05) is 30.5 Å². The summed E-state index contributed by atoms with van der Waals surface area (Å²) < 4.78 is 0. The second kappa shape index (κ2) is 5.74. The number of amides is 1. The minimum atomic E-state index is 0.118. The number of rotatable bonds is 4. The van der Waals surface area contributed by atoms with Gasteiger partial charge in [-0.15, -0.1) is 0 Å². The van der Waals surface area contributed by atoms with Crippen molar-refractivity contribution in [2.75, 3.05) is 11.9 Å². The van der Waals surface area contributed by atoms with Crippen LogP contribution in [-0.2, 0) is 4.79 Å². The minimum absolute atomic E-state index is 0.118. The lowest BCUT2D eigenvalue weighted by Gasteiger charge is -2.15. The van der Waals surface area contributed by atoms with Gasteiger partial charge in [-0.2, -0.15) is 0 Å². The predicted octanol–water partition coefficient (Wildman–Crippen LogP) is 2.25. The maximum Gasteiger partial charge on any atom is 0.220 e. The summed E-state index contributed by atoms with van der Waals surface area (Å²) >= 11 is 6.12. The molecule has 0 aliphatic carbocycles. The highest BCUT2D eigenvalue weighted by Gasteiger charge is 2.21. The quantitative estimate of drug-likeness (QED) is 0.831. The Morgan fingerprint density at radius 3 is 2.79 bits per heavy atom. The Kier molecular flexibility index (Phi) is 4.24. The molecule has 1 aliphatic heterocycles. The molecule has 104 valence electrons. The second-order valence-electron chi connectivity index (χ2n) is 5.18. The van der Waals surface area contributed by atoms with Crippen LogP contribution in [0.2, 0.25) is 5.15 Å². The molecular weight excluding hydrogens is 264 g/mol. The van der Waals surface area contributed by atoms with Crippen LogP contribution in [0.5, 0.6) is 0 Å². The maximum atomic E-state index is 11.1. The number of halogens is 1. The molecule has 1 aliphatic rings. The SMILES string of the molecule is Cc1c(Cl)nc(C(C)C)nc1NCC1CCC(=O)N1. The van der Waals surface area contributed by atoms with E-state index < -0.39 is 0 Å². The summed E-state index contributed by atoms with van der Waals surface area (Å²) in [5.74, 6) is 1.83. The molecule has 2 N–H and O–H groups in total. The summed E-state index contributed by atoms with van der Waals surface area (Å²) in [5, 5.41) is 6.66. The van der Waals surface area contributed by atoms with Gasteiger partial charge >= 0.3 is 0 Å². The molecule has 1 aromatic heterocycles. The maximum absolute atomic E-state index is 11.1. The average molecular weight is 283 g/mol. The molecule has 1 fully saturated rings. The monoisotopic (exact) mass is 282 g/mol. The zero-order valence-corrected chi connectivity index (χ0v) is 12.2. The van der Waals surface area contributed by atoms with E-state index in [1.807, 2.05) is 20.8 Å². The van der Waals surface area contributed by atoms with Crippen molar-refractivity contribution in [3.63, 3.8) is 0 Å².